The Labute approximate surface area is 127 Å². The fourth-order valence-electron chi connectivity index (χ4n) is 2.19. The molecule has 20 heavy (non-hydrogen) atoms. The Kier molecular flexibility index (Phi) is 9.14. The van der Waals surface area contributed by atoms with Gasteiger partial charge < -0.3 is 5.32 Å². The van der Waals surface area contributed by atoms with Gasteiger partial charge in [0.25, 0.3) is 0 Å². The minimum Gasteiger partial charge on any atom is -0.326 e. The number of anilines is 1. The van der Waals surface area contributed by atoms with Crippen molar-refractivity contribution in [3.63, 3.8) is 0 Å². The van der Waals surface area contributed by atoms with Gasteiger partial charge in [-0.05, 0) is 37.0 Å². The topological polar surface area (TPSA) is 29.1 Å². The van der Waals surface area contributed by atoms with Gasteiger partial charge in [0.1, 0.15) is 0 Å². The van der Waals surface area contributed by atoms with Gasteiger partial charge in [0, 0.05) is 18.0 Å². The van der Waals surface area contributed by atoms with E-state index in [1.807, 2.05) is 18.2 Å². The first-order chi connectivity index (χ1) is 9.76. The maximum Gasteiger partial charge on any atom is 0.224 e. The van der Waals surface area contributed by atoms with Crippen LogP contribution in [-0.2, 0) is 11.2 Å². The molecule has 1 aromatic rings. The van der Waals surface area contributed by atoms with Gasteiger partial charge in [-0.2, -0.15) is 0 Å². The molecule has 0 saturated heterocycles. The Hall–Kier alpha value is -1.02. The second kappa shape index (κ2) is 10.7. The first-order valence-electron chi connectivity index (χ1n) is 7.71. The van der Waals surface area contributed by atoms with Crippen molar-refractivity contribution in [2.24, 2.45) is 0 Å². The van der Waals surface area contributed by atoms with E-state index in [0.717, 1.165) is 31.4 Å². The summed E-state index contributed by atoms with van der Waals surface area (Å²) in [6.07, 6.45) is 8.42. The van der Waals surface area contributed by atoms with E-state index in [1.165, 1.54) is 24.8 Å². The van der Waals surface area contributed by atoms with Gasteiger partial charge >= 0.3 is 0 Å². The predicted octanol–water partition coefficient (Wildman–Crippen LogP) is 5.16. The van der Waals surface area contributed by atoms with Crippen molar-refractivity contribution in [2.75, 3.05) is 11.2 Å². The highest BCUT2D eigenvalue weighted by molar-refractivity contribution is 6.17. The number of amides is 1. The molecule has 0 saturated carbocycles. The summed E-state index contributed by atoms with van der Waals surface area (Å²) in [7, 11) is 0. The molecule has 0 atom stereocenters. The van der Waals surface area contributed by atoms with Gasteiger partial charge in [-0.1, -0.05) is 44.7 Å². The molecule has 0 aliphatic rings. The molecule has 0 bridgehead atoms. The number of carbonyl (C=O) groups is 1. The molecule has 2 nitrogen and oxygen atoms in total. The number of aryl methyl sites for hydroxylation is 1. The number of carbonyl (C=O) groups excluding carboxylic acids is 1. The third-order valence-corrected chi connectivity index (χ3v) is 3.58. The summed E-state index contributed by atoms with van der Waals surface area (Å²) in [6.45, 7) is 2.20. The monoisotopic (exact) mass is 295 g/mol. The van der Waals surface area contributed by atoms with Crippen LogP contribution in [0.15, 0.2) is 24.3 Å². The van der Waals surface area contributed by atoms with E-state index in [9.17, 15) is 4.79 Å². The molecule has 112 valence electrons. The van der Waals surface area contributed by atoms with Crippen LogP contribution in [0, 0.1) is 0 Å². The lowest BCUT2D eigenvalue weighted by Gasteiger charge is -2.07. The quantitative estimate of drug-likeness (QED) is 0.469. The summed E-state index contributed by atoms with van der Waals surface area (Å²) >= 11 is 5.70. The van der Waals surface area contributed by atoms with Gasteiger partial charge in [-0.25, -0.2) is 0 Å². The Bertz CT molecular complexity index is 392. The molecule has 1 amide bonds. The lowest BCUT2D eigenvalue weighted by molar-refractivity contribution is -0.116. The average Bonchev–Trinajstić information content (AvgIpc) is 2.45. The van der Waals surface area contributed by atoms with E-state index >= 15 is 0 Å². The molecule has 0 unspecified atom stereocenters. The Morgan fingerprint density at radius 3 is 2.70 bits per heavy atom. The predicted molar refractivity (Wildman–Crippen MR) is 87.5 cm³/mol. The Morgan fingerprint density at radius 1 is 1.15 bits per heavy atom. The third-order valence-electron chi connectivity index (χ3n) is 3.32. The summed E-state index contributed by atoms with van der Waals surface area (Å²) < 4.78 is 0. The van der Waals surface area contributed by atoms with Crippen molar-refractivity contribution in [2.45, 2.75) is 58.3 Å². The van der Waals surface area contributed by atoms with E-state index < -0.39 is 0 Å². The standard InChI is InChI=1S/C17H26ClNO/c1-2-3-4-5-6-12-17(20)19-16-11-7-9-15(14-16)10-8-13-18/h7,9,11,14H,2-6,8,10,12-13H2,1H3,(H,19,20). The number of nitrogens with one attached hydrogen (secondary N) is 1. The first kappa shape index (κ1) is 17.0. The minimum absolute atomic E-state index is 0.121. The zero-order valence-corrected chi connectivity index (χ0v) is 13.2. The zero-order chi connectivity index (χ0) is 14.6. The van der Waals surface area contributed by atoms with Gasteiger partial charge in [0.05, 0.1) is 0 Å². The Morgan fingerprint density at radius 2 is 1.95 bits per heavy atom. The molecule has 0 radical (unpaired) electrons. The van der Waals surface area contributed by atoms with Crippen LogP contribution in [0.1, 0.15) is 57.4 Å². The summed E-state index contributed by atoms with van der Waals surface area (Å²) in [5.74, 6) is 0.796. The largest absolute Gasteiger partial charge is 0.326 e. The number of halogens is 1. The van der Waals surface area contributed by atoms with Crippen molar-refractivity contribution in [3.8, 4) is 0 Å². The van der Waals surface area contributed by atoms with Crippen LogP contribution < -0.4 is 5.32 Å². The number of benzene rings is 1. The smallest absolute Gasteiger partial charge is 0.224 e. The van der Waals surface area contributed by atoms with E-state index in [0.29, 0.717) is 12.3 Å². The second-order valence-electron chi connectivity index (χ2n) is 5.21. The zero-order valence-electron chi connectivity index (χ0n) is 12.5. The van der Waals surface area contributed by atoms with Crippen molar-refractivity contribution in [3.05, 3.63) is 29.8 Å². The fourth-order valence-corrected chi connectivity index (χ4v) is 2.32. The van der Waals surface area contributed by atoms with Crippen molar-refractivity contribution >= 4 is 23.2 Å². The second-order valence-corrected chi connectivity index (χ2v) is 5.58. The maximum absolute atomic E-state index is 11.8. The van der Waals surface area contributed by atoms with Crippen LogP contribution >= 0.6 is 11.6 Å². The number of alkyl halides is 1. The minimum atomic E-state index is 0.121. The lowest BCUT2D eigenvalue weighted by Crippen LogP contribution is -2.11. The fraction of sp³-hybridized carbons (Fsp3) is 0.588. The molecule has 0 spiro atoms. The molecule has 0 aliphatic carbocycles. The van der Waals surface area contributed by atoms with E-state index in [-0.39, 0.29) is 5.91 Å². The number of rotatable bonds is 10. The van der Waals surface area contributed by atoms with E-state index in [1.54, 1.807) is 0 Å². The van der Waals surface area contributed by atoms with Crippen LogP contribution in [0.2, 0.25) is 0 Å². The maximum atomic E-state index is 11.8. The van der Waals surface area contributed by atoms with Crippen LogP contribution in [-0.4, -0.2) is 11.8 Å². The van der Waals surface area contributed by atoms with E-state index in [4.69, 9.17) is 11.6 Å². The van der Waals surface area contributed by atoms with Gasteiger partial charge in [0.2, 0.25) is 5.91 Å². The summed E-state index contributed by atoms with van der Waals surface area (Å²) in [5.41, 5.74) is 2.13. The van der Waals surface area contributed by atoms with E-state index in [2.05, 4.69) is 18.3 Å². The number of unbranched alkanes of at least 4 members (excludes halogenated alkanes) is 4. The SMILES string of the molecule is CCCCCCCC(=O)Nc1cccc(CCCCl)c1. The van der Waals surface area contributed by atoms with Gasteiger partial charge in [0.15, 0.2) is 0 Å². The highest BCUT2D eigenvalue weighted by Gasteiger charge is 2.03. The summed E-state index contributed by atoms with van der Waals surface area (Å²) in [4.78, 5) is 11.8. The van der Waals surface area contributed by atoms with Crippen LogP contribution in [0.5, 0.6) is 0 Å². The van der Waals surface area contributed by atoms with Crippen molar-refractivity contribution < 1.29 is 4.79 Å². The number of hydrogen-bond acceptors (Lipinski definition) is 1. The van der Waals surface area contributed by atoms with Gasteiger partial charge in [-0.15, -0.1) is 11.6 Å². The third kappa shape index (κ3) is 7.54. The van der Waals surface area contributed by atoms with Crippen LogP contribution in [0.25, 0.3) is 0 Å². The average molecular weight is 296 g/mol. The molecular weight excluding hydrogens is 270 g/mol. The molecule has 3 heteroatoms. The molecule has 0 fully saturated rings. The molecule has 0 heterocycles. The number of hydrogen-bond donors (Lipinski definition) is 1. The summed E-state index contributed by atoms with van der Waals surface area (Å²) in [6, 6.07) is 8.05. The van der Waals surface area contributed by atoms with Crippen LogP contribution in [0.3, 0.4) is 0 Å². The first-order valence-corrected chi connectivity index (χ1v) is 8.24. The molecule has 1 N–H and O–H groups in total. The molecular formula is C17H26ClNO. The lowest BCUT2D eigenvalue weighted by atomic mass is 10.1. The normalized spacial score (nSPS) is 10.5. The van der Waals surface area contributed by atoms with Crippen LogP contribution in [0.4, 0.5) is 5.69 Å². The Balaban J connectivity index is 2.30. The molecule has 0 aliphatic heterocycles. The van der Waals surface area contributed by atoms with Crippen molar-refractivity contribution in [1.82, 2.24) is 0 Å². The van der Waals surface area contributed by atoms with Crippen molar-refractivity contribution in [1.29, 1.82) is 0 Å². The molecule has 1 rings (SSSR count). The summed E-state index contributed by atoms with van der Waals surface area (Å²) in [5, 5.41) is 2.98. The molecule has 0 aromatic heterocycles. The highest BCUT2D eigenvalue weighted by atomic mass is 35.5. The van der Waals surface area contributed by atoms with Gasteiger partial charge in [-0.3, -0.25) is 4.79 Å². The highest BCUT2D eigenvalue weighted by Crippen LogP contribution is 2.13. The molecule has 1 aromatic carbocycles.